The highest BCUT2D eigenvalue weighted by Crippen LogP contribution is 2.18. The summed E-state index contributed by atoms with van der Waals surface area (Å²) in [7, 11) is 1.60. The molecule has 5 nitrogen and oxygen atoms in total. The lowest BCUT2D eigenvalue weighted by Crippen LogP contribution is -2.26. The van der Waals surface area contributed by atoms with Gasteiger partial charge in [0.25, 0.3) is 0 Å². The van der Waals surface area contributed by atoms with Crippen molar-refractivity contribution in [3.8, 4) is 11.5 Å². The molecule has 0 aliphatic carbocycles. The van der Waals surface area contributed by atoms with Crippen LogP contribution < -0.4 is 14.8 Å². The van der Waals surface area contributed by atoms with E-state index in [0.717, 1.165) is 36.5 Å². The Kier molecular flexibility index (Phi) is 9.92. The first-order valence-corrected chi connectivity index (χ1v) is 10.7. The highest BCUT2D eigenvalue weighted by Gasteiger charge is 2.11. The second-order valence-electron chi connectivity index (χ2n) is 7.42. The second kappa shape index (κ2) is 12.7. The number of carbonyl (C=O) groups excluding carboxylic acids is 2. The Bertz CT molecular complexity index is 784. The van der Waals surface area contributed by atoms with E-state index in [4.69, 9.17) is 9.47 Å². The zero-order valence-corrected chi connectivity index (χ0v) is 18.3. The van der Waals surface area contributed by atoms with Gasteiger partial charge in [-0.15, -0.1) is 0 Å². The van der Waals surface area contributed by atoms with E-state index in [1.165, 1.54) is 0 Å². The molecule has 0 aromatic heterocycles. The maximum Gasteiger partial charge on any atom is 0.220 e. The number of rotatable bonds is 13. The minimum absolute atomic E-state index is 0.00247. The van der Waals surface area contributed by atoms with Gasteiger partial charge in [-0.05, 0) is 68.1 Å². The number of carbonyl (C=O) groups is 2. The monoisotopic (exact) mass is 411 g/mol. The number of hydrogen-bond donors (Lipinski definition) is 1. The van der Waals surface area contributed by atoms with E-state index in [-0.39, 0.29) is 17.7 Å². The first-order valence-electron chi connectivity index (χ1n) is 10.7. The maximum atomic E-state index is 12.2. The molecule has 0 radical (unpaired) electrons. The van der Waals surface area contributed by atoms with E-state index in [2.05, 4.69) is 12.2 Å². The number of nitrogens with one attached hydrogen (secondary N) is 1. The fraction of sp³-hybridized carbons (Fsp3) is 0.440. The van der Waals surface area contributed by atoms with Gasteiger partial charge in [-0.3, -0.25) is 9.59 Å². The summed E-state index contributed by atoms with van der Waals surface area (Å²) < 4.78 is 10.8. The molecular weight excluding hydrogens is 378 g/mol. The van der Waals surface area contributed by atoms with Crippen LogP contribution in [0.1, 0.15) is 74.3 Å². The fourth-order valence-electron chi connectivity index (χ4n) is 3.08. The molecule has 0 bridgehead atoms. The van der Waals surface area contributed by atoms with Crippen molar-refractivity contribution in [3.63, 3.8) is 0 Å². The number of Topliss-reactive ketones (excluding diaryl/α,β-unsaturated/α-hetero) is 1. The van der Waals surface area contributed by atoms with E-state index in [9.17, 15) is 9.59 Å². The summed E-state index contributed by atoms with van der Waals surface area (Å²) in [4.78, 5) is 24.4. The van der Waals surface area contributed by atoms with E-state index in [1.54, 1.807) is 31.4 Å². The zero-order valence-electron chi connectivity index (χ0n) is 18.3. The predicted molar refractivity (Wildman–Crippen MR) is 119 cm³/mol. The summed E-state index contributed by atoms with van der Waals surface area (Å²) in [5.74, 6) is 1.68. The molecule has 162 valence electrons. The normalized spacial score (nSPS) is 11.6. The van der Waals surface area contributed by atoms with Gasteiger partial charge in [-0.25, -0.2) is 0 Å². The van der Waals surface area contributed by atoms with Crippen LogP contribution in [0.3, 0.4) is 0 Å². The maximum absolute atomic E-state index is 12.2. The summed E-state index contributed by atoms with van der Waals surface area (Å²) in [5.41, 5.74) is 1.72. The van der Waals surface area contributed by atoms with Gasteiger partial charge in [-0.1, -0.05) is 25.5 Å². The molecule has 1 amide bonds. The highest BCUT2D eigenvalue weighted by atomic mass is 16.5. The van der Waals surface area contributed by atoms with Crippen molar-refractivity contribution in [1.29, 1.82) is 0 Å². The van der Waals surface area contributed by atoms with Crippen molar-refractivity contribution < 1.29 is 19.1 Å². The van der Waals surface area contributed by atoms with Crippen LogP contribution in [0.15, 0.2) is 48.5 Å². The van der Waals surface area contributed by atoms with Crippen LogP contribution in [0.4, 0.5) is 0 Å². The third-order valence-corrected chi connectivity index (χ3v) is 4.99. The van der Waals surface area contributed by atoms with Crippen molar-refractivity contribution >= 4 is 11.7 Å². The smallest absolute Gasteiger partial charge is 0.220 e. The van der Waals surface area contributed by atoms with Crippen molar-refractivity contribution in [2.45, 2.75) is 58.4 Å². The Morgan fingerprint density at radius 2 is 1.53 bits per heavy atom. The molecule has 0 saturated carbocycles. The molecule has 0 fully saturated rings. The van der Waals surface area contributed by atoms with Crippen LogP contribution in [-0.4, -0.2) is 25.4 Å². The van der Waals surface area contributed by atoms with Crippen molar-refractivity contribution in [1.82, 2.24) is 5.32 Å². The zero-order chi connectivity index (χ0) is 21.8. The number of amides is 1. The highest BCUT2D eigenvalue weighted by molar-refractivity contribution is 5.96. The molecule has 0 aliphatic heterocycles. The number of hydrogen-bond acceptors (Lipinski definition) is 4. The molecule has 1 N–H and O–H groups in total. The molecule has 30 heavy (non-hydrogen) atoms. The minimum Gasteiger partial charge on any atom is -0.497 e. The van der Waals surface area contributed by atoms with Gasteiger partial charge in [0.05, 0.1) is 19.8 Å². The Balaban J connectivity index is 1.67. The molecule has 2 aromatic rings. The number of methoxy groups -OCH3 is 1. The van der Waals surface area contributed by atoms with Gasteiger partial charge < -0.3 is 14.8 Å². The molecule has 0 aliphatic rings. The van der Waals surface area contributed by atoms with Gasteiger partial charge >= 0.3 is 0 Å². The summed E-state index contributed by atoms with van der Waals surface area (Å²) in [5, 5.41) is 3.02. The standard InChI is InChI=1S/C25H33NO4/c1-4-5-18-30-23-16-10-20(11-17-23)19(2)26-25(28)9-7-6-8-24(27)21-12-14-22(29-3)15-13-21/h10-17,19H,4-9,18H2,1-3H3,(H,26,28). The van der Waals surface area contributed by atoms with Gasteiger partial charge in [0, 0.05) is 18.4 Å². The molecule has 1 unspecified atom stereocenters. The lowest BCUT2D eigenvalue weighted by Gasteiger charge is -2.15. The van der Waals surface area contributed by atoms with Gasteiger partial charge in [-0.2, -0.15) is 0 Å². The third-order valence-electron chi connectivity index (χ3n) is 4.99. The van der Waals surface area contributed by atoms with Crippen molar-refractivity contribution in [2.24, 2.45) is 0 Å². The molecule has 0 spiro atoms. The van der Waals surface area contributed by atoms with E-state index < -0.39 is 0 Å². The first-order chi connectivity index (χ1) is 14.5. The first kappa shape index (κ1) is 23.5. The van der Waals surface area contributed by atoms with E-state index in [0.29, 0.717) is 31.2 Å². The number of ketones is 1. The Labute approximate surface area is 179 Å². The molecule has 2 aromatic carbocycles. The predicted octanol–water partition coefficient (Wildman–Crippen LogP) is 5.49. The summed E-state index contributed by atoms with van der Waals surface area (Å²) >= 11 is 0. The van der Waals surface area contributed by atoms with E-state index >= 15 is 0 Å². The van der Waals surface area contributed by atoms with Crippen LogP contribution in [0, 0.1) is 0 Å². The van der Waals surface area contributed by atoms with E-state index in [1.807, 2.05) is 31.2 Å². The summed E-state index contributed by atoms with van der Waals surface area (Å²) in [6, 6.07) is 14.9. The molecule has 0 saturated heterocycles. The Hall–Kier alpha value is -2.82. The quantitative estimate of drug-likeness (QED) is 0.349. The van der Waals surface area contributed by atoms with Gasteiger partial charge in [0.2, 0.25) is 5.91 Å². The topological polar surface area (TPSA) is 64.6 Å². The van der Waals surface area contributed by atoms with Gasteiger partial charge in [0.15, 0.2) is 5.78 Å². The van der Waals surface area contributed by atoms with Crippen LogP contribution in [0.25, 0.3) is 0 Å². The fourth-order valence-corrected chi connectivity index (χ4v) is 3.08. The average Bonchev–Trinajstić information content (AvgIpc) is 2.77. The molecular formula is C25H33NO4. The number of benzene rings is 2. The lowest BCUT2D eigenvalue weighted by atomic mass is 10.0. The molecule has 5 heteroatoms. The average molecular weight is 412 g/mol. The summed E-state index contributed by atoms with van der Waals surface area (Å²) in [6.45, 7) is 4.83. The third kappa shape index (κ3) is 7.90. The SMILES string of the molecule is CCCCOc1ccc(C(C)NC(=O)CCCCC(=O)c2ccc(OC)cc2)cc1. The molecule has 2 rings (SSSR count). The largest absolute Gasteiger partial charge is 0.497 e. The minimum atomic E-state index is -0.0666. The van der Waals surface area contributed by atoms with Crippen LogP contribution in [-0.2, 0) is 4.79 Å². The Morgan fingerprint density at radius 1 is 0.900 bits per heavy atom. The van der Waals surface area contributed by atoms with Crippen molar-refractivity contribution in [2.75, 3.05) is 13.7 Å². The number of unbranched alkanes of at least 4 members (excludes halogenated alkanes) is 2. The van der Waals surface area contributed by atoms with Crippen molar-refractivity contribution in [3.05, 3.63) is 59.7 Å². The van der Waals surface area contributed by atoms with Crippen LogP contribution in [0.5, 0.6) is 11.5 Å². The number of ether oxygens (including phenoxy) is 2. The summed E-state index contributed by atoms with van der Waals surface area (Å²) in [6.07, 6.45) is 4.38. The van der Waals surface area contributed by atoms with Crippen LogP contribution >= 0.6 is 0 Å². The Morgan fingerprint density at radius 3 is 2.17 bits per heavy atom. The second-order valence-corrected chi connectivity index (χ2v) is 7.42. The van der Waals surface area contributed by atoms with Gasteiger partial charge in [0.1, 0.15) is 11.5 Å². The van der Waals surface area contributed by atoms with Crippen LogP contribution in [0.2, 0.25) is 0 Å². The molecule has 0 heterocycles. The lowest BCUT2D eigenvalue weighted by molar-refractivity contribution is -0.121. The molecule has 1 atom stereocenters.